The molecular weight excluding hydrogens is 374 g/mol. The van der Waals surface area contributed by atoms with E-state index >= 15 is 0 Å². The van der Waals surface area contributed by atoms with Gasteiger partial charge in [-0.1, -0.05) is 32.9 Å². The first-order chi connectivity index (χ1) is 14.3. The lowest BCUT2D eigenvalue weighted by molar-refractivity contribution is 0.0900. The summed E-state index contributed by atoms with van der Waals surface area (Å²) >= 11 is 0. The van der Waals surface area contributed by atoms with Crippen molar-refractivity contribution in [3.05, 3.63) is 29.3 Å². The van der Waals surface area contributed by atoms with Crippen molar-refractivity contribution < 1.29 is 4.74 Å². The Morgan fingerprint density at radius 1 is 1.13 bits per heavy atom. The van der Waals surface area contributed by atoms with Crippen molar-refractivity contribution in [1.82, 2.24) is 20.4 Å². The first-order valence-corrected chi connectivity index (χ1v) is 11.5. The van der Waals surface area contributed by atoms with Crippen LogP contribution in [0.2, 0.25) is 0 Å². The zero-order valence-corrected chi connectivity index (χ0v) is 20.2. The molecule has 1 saturated heterocycles. The quantitative estimate of drug-likeness (QED) is 0.478. The van der Waals surface area contributed by atoms with Crippen LogP contribution in [0.25, 0.3) is 0 Å². The molecule has 1 aromatic carbocycles. The maximum Gasteiger partial charge on any atom is 0.191 e. The highest BCUT2D eigenvalue weighted by Crippen LogP contribution is 2.22. The van der Waals surface area contributed by atoms with Crippen LogP contribution in [-0.4, -0.2) is 74.7 Å². The van der Waals surface area contributed by atoms with Gasteiger partial charge < -0.3 is 20.3 Å². The van der Waals surface area contributed by atoms with Crippen molar-refractivity contribution in [2.75, 3.05) is 46.8 Å². The van der Waals surface area contributed by atoms with Crippen molar-refractivity contribution >= 4 is 5.96 Å². The molecule has 6 heteroatoms. The van der Waals surface area contributed by atoms with Gasteiger partial charge in [-0.15, -0.1) is 0 Å². The fourth-order valence-corrected chi connectivity index (χ4v) is 3.76. The van der Waals surface area contributed by atoms with Gasteiger partial charge in [0.1, 0.15) is 5.75 Å². The maximum atomic E-state index is 6.15. The molecule has 0 bridgehead atoms. The van der Waals surface area contributed by atoms with Crippen molar-refractivity contribution in [3.8, 4) is 5.75 Å². The molecule has 2 N–H and O–H groups in total. The van der Waals surface area contributed by atoms with E-state index in [0.29, 0.717) is 18.5 Å². The lowest BCUT2D eigenvalue weighted by Gasteiger charge is -2.40. The summed E-state index contributed by atoms with van der Waals surface area (Å²) in [6, 6.07) is 6.91. The van der Waals surface area contributed by atoms with Crippen LogP contribution in [0.3, 0.4) is 0 Å². The monoisotopic (exact) mass is 417 g/mol. The van der Waals surface area contributed by atoms with Crippen LogP contribution in [0, 0.1) is 12.8 Å². The Morgan fingerprint density at radius 3 is 2.43 bits per heavy atom. The van der Waals surface area contributed by atoms with E-state index in [0.717, 1.165) is 56.4 Å². The van der Waals surface area contributed by atoms with Gasteiger partial charge in [-0.25, -0.2) is 0 Å². The molecule has 2 unspecified atom stereocenters. The number of hydrogen-bond acceptors (Lipinski definition) is 4. The molecule has 0 radical (unpaired) electrons. The smallest absolute Gasteiger partial charge is 0.191 e. The number of hydrogen-bond donors (Lipinski definition) is 2. The molecule has 30 heavy (non-hydrogen) atoms. The first kappa shape index (κ1) is 24.5. The third kappa shape index (κ3) is 7.47. The van der Waals surface area contributed by atoms with E-state index in [9.17, 15) is 0 Å². The highest BCUT2D eigenvalue weighted by molar-refractivity contribution is 5.79. The Bertz CT molecular complexity index is 668. The average molecular weight is 418 g/mol. The predicted octanol–water partition coefficient (Wildman–Crippen LogP) is 3.11. The molecule has 2 atom stereocenters. The van der Waals surface area contributed by atoms with E-state index in [1.54, 1.807) is 0 Å². The van der Waals surface area contributed by atoms with Gasteiger partial charge in [0.15, 0.2) is 5.96 Å². The van der Waals surface area contributed by atoms with Crippen LogP contribution in [0.15, 0.2) is 23.2 Å². The van der Waals surface area contributed by atoms with Crippen molar-refractivity contribution in [1.29, 1.82) is 0 Å². The van der Waals surface area contributed by atoms with Crippen molar-refractivity contribution in [2.45, 2.75) is 59.7 Å². The normalized spacial score (nSPS) is 18.3. The largest absolute Gasteiger partial charge is 0.490 e. The van der Waals surface area contributed by atoms with Gasteiger partial charge in [-0.2, -0.15) is 0 Å². The lowest BCUT2D eigenvalue weighted by Crippen LogP contribution is -2.55. The van der Waals surface area contributed by atoms with Gasteiger partial charge in [-0.3, -0.25) is 9.89 Å². The van der Waals surface area contributed by atoms with Gasteiger partial charge >= 0.3 is 0 Å². The molecule has 2 rings (SSSR count). The number of piperazine rings is 1. The van der Waals surface area contributed by atoms with Gasteiger partial charge in [0.2, 0.25) is 0 Å². The Hall–Kier alpha value is -1.79. The van der Waals surface area contributed by atoms with Crippen LogP contribution in [0.1, 0.15) is 45.2 Å². The molecule has 0 aliphatic carbocycles. The minimum atomic E-state index is 0.207. The zero-order chi connectivity index (χ0) is 22.1. The number of ether oxygens (including phenoxy) is 1. The zero-order valence-electron chi connectivity index (χ0n) is 20.2. The fourth-order valence-electron chi connectivity index (χ4n) is 3.76. The summed E-state index contributed by atoms with van der Waals surface area (Å²) in [6.45, 7) is 17.1. The molecule has 1 fully saturated rings. The third-order valence-electron chi connectivity index (χ3n) is 6.05. The number of aliphatic imine (C=N–C) groups is 1. The summed E-state index contributed by atoms with van der Waals surface area (Å²) in [5, 5.41) is 7.03. The summed E-state index contributed by atoms with van der Waals surface area (Å²) in [6.07, 6.45) is 1.20. The SMILES string of the molecule is CCC(C)Oc1cc(C)ccc1CNC(=NC)NCC(C(C)C)N1CCN(C)CC1. The summed E-state index contributed by atoms with van der Waals surface area (Å²) in [7, 11) is 4.04. The average Bonchev–Trinajstić information content (AvgIpc) is 2.72. The number of nitrogens with one attached hydrogen (secondary N) is 2. The van der Waals surface area contributed by atoms with Crippen LogP contribution >= 0.6 is 0 Å². The Morgan fingerprint density at radius 2 is 1.83 bits per heavy atom. The summed E-state index contributed by atoms with van der Waals surface area (Å²) in [4.78, 5) is 9.46. The topological polar surface area (TPSA) is 52.1 Å². The molecule has 0 saturated carbocycles. The Kier molecular flexibility index (Phi) is 9.92. The molecule has 1 aliphatic rings. The van der Waals surface area contributed by atoms with Gasteiger partial charge in [-0.05, 0) is 44.9 Å². The summed E-state index contributed by atoms with van der Waals surface area (Å²) < 4.78 is 6.15. The number of rotatable bonds is 9. The second kappa shape index (κ2) is 12.2. The molecule has 1 aromatic rings. The summed E-state index contributed by atoms with van der Waals surface area (Å²) in [5.74, 6) is 2.39. The second-order valence-corrected chi connectivity index (χ2v) is 8.91. The number of nitrogens with zero attached hydrogens (tertiary/aromatic N) is 3. The Balaban J connectivity index is 1.94. The molecule has 0 amide bonds. The molecule has 6 nitrogen and oxygen atoms in total. The van der Waals surface area contributed by atoms with Crippen molar-refractivity contribution in [2.24, 2.45) is 10.9 Å². The molecule has 0 spiro atoms. The predicted molar refractivity (Wildman–Crippen MR) is 127 cm³/mol. The molecule has 1 heterocycles. The third-order valence-corrected chi connectivity index (χ3v) is 6.05. The standard InChI is InChI=1S/C24H43N5O/c1-8-20(5)30-23-15-19(4)9-10-21(23)16-26-24(25-6)27-17-22(18(2)3)29-13-11-28(7)12-14-29/h9-10,15,18,20,22H,8,11-14,16-17H2,1-7H3,(H2,25,26,27). The van der Waals surface area contributed by atoms with Crippen molar-refractivity contribution in [3.63, 3.8) is 0 Å². The fraction of sp³-hybridized carbons (Fsp3) is 0.708. The highest BCUT2D eigenvalue weighted by atomic mass is 16.5. The molecule has 1 aliphatic heterocycles. The minimum Gasteiger partial charge on any atom is -0.490 e. The van der Waals surface area contributed by atoms with Crippen LogP contribution < -0.4 is 15.4 Å². The van der Waals surface area contributed by atoms with Crippen LogP contribution in [0.5, 0.6) is 5.75 Å². The van der Waals surface area contributed by atoms with Gasteiger partial charge in [0.25, 0.3) is 0 Å². The lowest BCUT2D eigenvalue weighted by atomic mass is 10.0. The van der Waals surface area contributed by atoms with Crippen LogP contribution in [-0.2, 0) is 6.54 Å². The second-order valence-electron chi connectivity index (χ2n) is 8.91. The minimum absolute atomic E-state index is 0.207. The van der Waals surface area contributed by atoms with E-state index in [-0.39, 0.29) is 6.10 Å². The number of guanidine groups is 1. The first-order valence-electron chi connectivity index (χ1n) is 11.5. The van der Waals surface area contributed by atoms with E-state index in [4.69, 9.17) is 4.74 Å². The summed E-state index contributed by atoms with van der Waals surface area (Å²) in [5.41, 5.74) is 2.37. The van der Waals surface area contributed by atoms with E-state index < -0.39 is 0 Å². The number of benzene rings is 1. The van der Waals surface area contributed by atoms with E-state index in [1.165, 1.54) is 5.56 Å². The Labute approximate surface area is 184 Å². The maximum absolute atomic E-state index is 6.15. The van der Waals surface area contributed by atoms with Crippen LogP contribution in [0.4, 0.5) is 0 Å². The molecular formula is C24H43N5O. The van der Waals surface area contributed by atoms with E-state index in [2.05, 4.69) is 85.3 Å². The molecule has 0 aromatic heterocycles. The van der Waals surface area contributed by atoms with E-state index in [1.807, 2.05) is 7.05 Å². The molecule has 170 valence electrons. The van der Waals surface area contributed by atoms with Gasteiger partial charge in [0.05, 0.1) is 6.10 Å². The number of likely N-dealkylation sites (N-methyl/N-ethyl adjacent to an activating group) is 1. The number of aryl methyl sites for hydroxylation is 1. The highest BCUT2D eigenvalue weighted by Gasteiger charge is 2.25. The van der Waals surface area contributed by atoms with Gasteiger partial charge in [0, 0.05) is 57.9 Å².